The van der Waals surface area contributed by atoms with Crippen LogP contribution in [0.3, 0.4) is 0 Å². The molecule has 0 aromatic heterocycles. The van der Waals surface area contributed by atoms with E-state index in [1.54, 1.807) is 11.8 Å². The minimum atomic E-state index is -0.881. The van der Waals surface area contributed by atoms with E-state index >= 15 is 0 Å². The van der Waals surface area contributed by atoms with Crippen LogP contribution in [-0.4, -0.2) is 45.6 Å². The van der Waals surface area contributed by atoms with E-state index in [-0.39, 0.29) is 17.4 Å². The number of ether oxygens (including phenoxy) is 1. The fourth-order valence-electron chi connectivity index (χ4n) is 6.64. The molecule has 7 rings (SSSR count). The van der Waals surface area contributed by atoms with E-state index in [1.807, 2.05) is 115 Å². The zero-order valence-corrected chi connectivity index (χ0v) is 28.7. The van der Waals surface area contributed by atoms with E-state index in [2.05, 4.69) is 41.7 Å². The maximum absolute atomic E-state index is 14.5. The number of amides is 2. The van der Waals surface area contributed by atoms with E-state index in [1.165, 1.54) is 16.7 Å². The molecule has 1 saturated heterocycles. The lowest BCUT2D eigenvalue weighted by atomic mass is 9.76. The molecular weight excluding hydrogens is 663 g/mol. The molecule has 0 spiro atoms. The van der Waals surface area contributed by atoms with Crippen molar-refractivity contribution in [1.82, 2.24) is 10.2 Å². The second kappa shape index (κ2) is 14.8. The Bertz CT molecular complexity index is 1860. The number of carbonyl (C=O) groups excluding carboxylic acids is 3. The first kappa shape index (κ1) is 33.4. The minimum absolute atomic E-state index is 0.0268. The first-order valence-corrected chi connectivity index (χ1v) is 18.3. The van der Waals surface area contributed by atoms with Crippen molar-refractivity contribution < 1.29 is 19.1 Å². The predicted molar refractivity (Wildman–Crippen MR) is 199 cm³/mol. The number of thioether (sulfide) groups is 2. The molecule has 2 aliphatic heterocycles. The Morgan fingerprint density at radius 3 is 1.64 bits per heavy atom. The summed E-state index contributed by atoms with van der Waals surface area (Å²) in [4.78, 5) is 42.9. The first-order valence-electron chi connectivity index (χ1n) is 16.3. The molecule has 2 atom stereocenters. The highest BCUT2D eigenvalue weighted by Gasteiger charge is 2.57. The monoisotopic (exact) mass is 697 g/mol. The van der Waals surface area contributed by atoms with Crippen LogP contribution in [0.15, 0.2) is 162 Å². The number of hydrogen-bond donors (Lipinski definition) is 2. The van der Waals surface area contributed by atoms with Crippen molar-refractivity contribution in [3.63, 3.8) is 0 Å². The Hall–Kier alpha value is -5.09. The SMILES string of the molecule is NC(=O)CSC1=C(C(=O)OC(c2ccccc2)c2ccccc2)N2C(=O)[C@@H](NC(c3ccccc3)(c3ccccc3)c3ccccc3)[C@@H]2SC1. The van der Waals surface area contributed by atoms with Gasteiger partial charge in [0.25, 0.3) is 0 Å². The Morgan fingerprint density at radius 1 is 0.760 bits per heavy atom. The summed E-state index contributed by atoms with van der Waals surface area (Å²) in [6, 6.07) is 48.7. The van der Waals surface area contributed by atoms with Crippen LogP contribution in [0, 0.1) is 0 Å². The van der Waals surface area contributed by atoms with Gasteiger partial charge in [0.15, 0.2) is 6.10 Å². The molecule has 0 bridgehead atoms. The number of β-lactam (4-membered cyclic amide) rings is 1. The molecule has 5 aromatic carbocycles. The Balaban J connectivity index is 1.27. The molecule has 5 aromatic rings. The van der Waals surface area contributed by atoms with Gasteiger partial charge in [0.1, 0.15) is 17.1 Å². The van der Waals surface area contributed by atoms with Gasteiger partial charge in [-0.15, -0.1) is 23.5 Å². The second-order valence-electron chi connectivity index (χ2n) is 12.0. The van der Waals surface area contributed by atoms with Crippen molar-refractivity contribution in [2.45, 2.75) is 23.1 Å². The number of benzene rings is 5. The minimum Gasteiger partial charge on any atom is -0.448 e. The van der Waals surface area contributed by atoms with E-state index in [9.17, 15) is 14.4 Å². The topological polar surface area (TPSA) is 102 Å². The number of hydrogen-bond acceptors (Lipinski definition) is 7. The van der Waals surface area contributed by atoms with Crippen LogP contribution in [0.1, 0.15) is 33.9 Å². The third-order valence-corrected chi connectivity index (χ3v) is 11.5. The highest BCUT2D eigenvalue weighted by Crippen LogP contribution is 2.47. The number of fused-ring (bicyclic) bond motifs is 1. The highest BCUT2D eigenvalue weighted by atomic mass is 32.2. The highest BCUT2D eigenvalue weighted by molar-refractivity contribution is 8.06. The van der Waals surface area contributed by atoms with Crippen LogP contribution in [0.4, 0.5) is 0 Å². The molecule has 2 aliphatic rings. The van der Waals surface area contributed by atoms with Crippen molar-refractivity contribution in [2.24, 2.45) is 5.73 Å². The van der Waals surface area contributed by atoms with Crippen molar-refractivity contribution >= 4 is 41.3 Å². The zero-order chi connectivity index (χ0) is 34.5. The lowest BCUT2D eigenvalue weighted by Crippen LogP contribution is -2.72. The summed E-state index contributed by atoms with van der Waals surface area (Å²) in [5, 5.41) is 3.40. The summed E-state index contributed by atoms with van der Waals surface area (Å²) in [5.74, 6) is -1.02. The molecule has 0 aliphatic carbocycles. The Kier molecular flexibility index (Phi) is 9.89. The van der Waals surface area contributed by atoms with Gasteiger partial charge in [0.05, 0.1) is 11.3 Å². The quantitative estimate of drug-likeness (QED) is 0.0860. The van der Waals surface area contributed by atoms with Crippen LogP contribution >= 0.6 is 23.5 Å². The number of nitrogens with two attached hydrogens (primary N) is 1. The van der Waals surface area contributed by atoms with E-state index in [0.717, 1.165) is 27.8 Å². The summed E-state index contributed by atoms with van der Waals surface area (Å²) in [6.45, 7) is 0. The summed E-state index contributed by atoms with van der Waals surface area (Å²) < 4.78 is 6.29. The van der Waals surface area contributed by atoms with Gasteiger partial charge < -0.3 is 10.5 Å². The smallest absolute Gasteiger partial charge is 0.356 e. The van der Waals surface area contributed by atoms with Gasteiger partial charge in [-0.2, -0.15) is 0 Å². The normalized spacial score (nSPS) is 17.2. The lowest BCUT2D eigenvalue weighted by molar-refractivity contribution is -0.154. The van der Waals surface area contributed by atoms with Crippen LogP contribution in [0.2, 0.25) is 0 Å². The summed E-state index contributed by atoms with van der Waals surface area (Å²) >= 11 is 2.72. The van der Waals surface area contributed by atoms with Crippen LogP contribution < -0.4 is 11.1 Å². The third kappa shape index (κ3) is 6.47. The number of esters is 1. The summed E-state index contributed by atoms with van der Waals surface area (Å²) in [7, 11) is 0. The van der Waals surface area contributed by atoms with Gasteiger partial charge in [-0.3, -0.25) is 19.8 Å². The van der Waals surface area contributed by atoms with Crippen molar-refractivity contribution in [1.29, 1.82) is 0 Å². The third-order valence-electron chi connectivity index (χ3n) is 8.94. The van der Waals surface area contributed by atoms with E-state index in [4.69, 9.17) is 10.5 Å². The molecule has 250 valence electrons. The lowest BCUT2D eigenvalue weighted by Gasteiger charge is -2.53. The molecule has 9 heteroatoms. The van der Waals surface area contributed by atoms with Gasteiger partial charge in [-0.1, -0.05) is 152 Å². The van der Waals surface area contributed by atoms with Gasteiger partial charge in [0.2, 0.25) is 11.8 Å². The van der Waals surface area contributed by atoms with Crippen molar-refractivity contribution in [2.75, 3.05) is 11.5 Å². The largest absolute Gasteiger partial charge is 0.448 e. The Labute approximate surface area is 299 Å². The van der Waals surface area contributed by atoms with Gasteiger partial charge in [-0.25, -0.2) is 4.79 Å². The van der Waals surface area contributed by atoms with Crippen LogP contribution in [0.25, 0.3) is 0 Å². The number of primary amides is 1. The standard InChI is InChI=1S/C41H35N3O4S2/c42-34(45)27-49-33-26-50-39-35(43-41(30-20-10-3-11-21-30,31-22-12-4-13-23-31)32-24-14-5-15-25-32)38(46)44(39)36(33)40(47)48-37(28-16-6-1-7-17-28)29-18-8-2-9-19-29/h1-25,35,37,39,43H,26-27H2,(H2,42,45)/t35-,39+/m1/s1. The van der Waals surface area contributed by atoms with Gasteiger partial charge in [-0.05, 0) is 27.8 Å². The maximum atomic E-state index is 14.5. The fraction of sp³-hybridized carbons (Fsp3) is 0.146. The van der Waals surface area contributed by atoms with Crippen molar-refractivity contribution in [3.8, 4) is 0 Å². The number of rotatable bonds is 12. The van der Waals surface area contributed by atoms with Gasteiger partial charge >= 0.3 is 5.97 Å². The molecule has 2 amide bonds. The number of nitrogens with zero attached hydrogens (tertiary/aromatic N) is 1. The average Bonchev–Trinajstić information content (AvgIpc) is 3.17. The molecular formula is C41H35N3O4S2. The molecule has 50 heavy (non-hydrogen) atoms. The Morgan fingerprint density at radius 2 is 1.20 bits per heavy atom. The van der Waals surface area contributed by atoms with Gasteiger partial charge in [0, 0.05) is 10.7 Å². The average molecular weight is 698 g/mol. The van der Waals surface area contributed by atoms with Crippen LogP contribution in [-0.2, 0) is 24.7 Å². The molecule has 2 heterocycles. The fourth-order valence-corrected chi connectivity index (χ4v) is 9.01. The molecule has 0 radical (unpaired) electrons. The number of carbonyl (C=O) groups is 3. The van der Waals surface area contributed by atoms with Crippen LogP contribution in [0.5, 0.6) is 0 Å². The summed E-state index contributed by atoms with van der Waals surface area (Å²) in [6.07, 6.45) is -0.708. The number of nitrogens with one attached hydrogen (secondary N) is 1. The molecule has 1 fully saturated rings. The van der Waals surface area contributed by atoms with E-state index in [0.29, 0.717) is 10.7 Å². The maximum Gasteiger partial charge on any atom is 0.356 e. The van der Waals surface area contributed by atoms with E-state index < -0.39 is 34.9 Å². The zero-order valence-electron chi connectivity index (χ0n) is 27.1. The summed E-state index contributed by atoms with van der Waals surface area (Å²) in [5.41, 5.74) is 9.34. The molecule has 0 saturated carbocycles. The molecule has 0 unspecified atom stereocenters. The second-order valence-corrected chi connectivity index (χ2v) is 14.2. The first-order chi connectivity index (χ1) is 24.5. The van der Waals surface area contributed by atoms with Crippen molar-refractivity contribution in [3.05, 3.63) is 190 Å². The predicted octanol–water partition coefficient (Wildman–Crippen LogP) is 6.61. The molecule has 7 nitrogen and oxygen atoms in total. The molecule has 3 N–H and O–H groups in total.